The number of nitrogens with zero attached hydrogens (tertiary/aromatic N) is 3. The summed E-state index contributed by atoms with van der Waals surface area (Å²) in [7, 11) is 0. The summed E-state index contributed by atoms with van der Waals surface area (Å²) in [5.74, 6) is 0.306. The van der Waals surface area contributed by atoms with E-state index in [-0.39, 0.29) is 11.6 Å². The maximum absolute atomic E-state index is 12.2. The van der Waals surface area contributed by atoms with Gasteiger partial charge in [0.15, 0.2) is 11.5 Å². The number of hydrogen-bond donors (Lipinski definition) is 2. The summed E-state index contributed by atoms with van der Waals surface area (Å²) < 4.78 is 5.31. The molecule has 1 fully saturated rings. The number of hydrogen-bond acceptors (Lipinski definition) is 6. The molecule has 2 aromatic rings. The Bertz CT molecular complexity index is 768. The molecule has 27 heavy (non-hydrogen) atoms. The monoisotopic (exact) mass is 389 g/mol. The summed E-state index contributed by atoms with van der Waals surface area (Å²) >= 11 is 6.30. The second kappa shape index (κ2) is 9.12. The van der Waals surface area contributed by atoms with Crippen molar-refractivity contribution in [3.8, 4) is 0 Å². The molecule has 1 aliphatic heterocycles. The molecule has 1 amide bonds. The van der Waals surface area contributed by atoms with E-state index >= 15 is 0 Å². The highest BCUT2D eigenvalue weighted by atomic mass is 35.5. The maximum Gasteiger partial charge on any atom is 0.271 e. The highest BCUT2D eigenvalue weighted by Gasteiger charge is 2.12. The van der Waals surface area contributed by atoms with Crippen LogP contribution < -0.4 is 10.6 Å². The molecule has 0 unspecified atom stereocenters. The minimum Gasteiger partial charge on any atom is -0.379 e. The number of carbonyl (C=O) groups excluding carboxylic acids is 1. The van der Waals surface area contributed by atoms with Crippen LogP contribution in [-0.4, -0.2) is 60.4 Å². The predicted molar refractivity (Wildman–Crippen MR) is 106 cm³/mol. The molecule has 2 N–H and O–H groups in total. The molecule has 0 atom stereocenters. The molecule has 0 spiro atoms. The Kier molecular flexibility index (Phi) is 6.60. The Morgan fingerprint density at radius 1 is 1.22 bits per heavy atom. The summed E-state index contributed by atoms with van der Waals surface area (Å²) in [4.78, 5) is 14.5. The van der Waals surface area contributed by atoms with Crippen molar-refractivity contribution in [1.29, 1.82) is 0 Å². The van der Waals surface area contributed by atoms with Crippen molar-refractivity contribution in [1.82, 2.24) is 20.4 Å². The highest BCUT2D eigenvalue weighted by Crippen LogP contribution is 2.29. The number of carbonyl (C=O) groups is 1. The van der Waals surface area contributed by atoms with Crippen molar-refractivity contribution >= 4 is 29.0 Å². The Hall–Kier alpha value is -2.22. The van der Waals surface area contributed by atoms with Crippen molar-refractivity contribution in [2.24, 2.45) is 0 Å². The van der Waals surface area contributed by atoms with Crippen LogP contribution in [-0.2, 0) is 4.74 Å². The van der Waals surface area contributed by atoms with Crippen molar-refractivity contribution in [3.05, 3.63) is 46.1 Å². The molecule has 1 aliphatic rings. The smallest absolute Gasteiger partial charge is 0.271 e. The minimum absolute atomic E-state index is 0.230. The van der Waals surface area contributed by atoms with Gasteiger partial charge in [-0.25, -0.2) is 0 Å². The maximum atomic E-state index is 12.2. The van der Waals surface area contributed by atoms with Crippen LogP contribution in [0.25, 0.3) is 0 Å². The van der Waals surface area contributed by atoms with E-state index < -0.39 is 0 Å². The number of ether oxygens (including phenoxy) is 1. The van der Waals surface area contributed by atoms with Gasteiger partial charge < -0.3 is 15.4 Å². The van der Waals surface area contributed by atoms with E-state index in [1.807, 2.05) is 26.0 Å². The van der Waals surface area contributed by atoms with Gasteiger partial charge in [-0.1, -0.05) is 17.7 Å². The third-order valence-electron chi connectivity index (χ3n) is 4.40. The van der Waals surface area contributed by atoms with E-state index in [1.54, 1.807) is 12.1 Å². The second-order valence-corrected chi connectivity index (χ2v) is 6.98. The first kappa shape index (κ1) is 19.5. The SMILES string of the molecule is Cc1cc(C)c(Nc2ccc(C(=O)NCCN3CCOCC3)nn2)c(Cl)c1. The second-order valence-electron chi connectivity index (χ2n) is 6.58. The van der Waals surface area contributed by atoms with Crippen LogP contribution in [0.2, 0.25) is 5.02 Å². The number of anilines is 2. The van der Waals surface area contributed by atoms with Crippen molar-refractivity contribution in [3.63, 3.8) is 0 Å². The fourth-order valence-electron chi connectivity index (χ4n) is 2.97. The lowest BCUT2D eigenvalue weighted by Crippen LogP contribution is -2.41. The van der Waals surface area contributed by atoms with Crippen molar-refractivity contribution in [2.75, 3.05) is 44.7 Å². The molecule has 8 heteroatoms. The average Bonchev–Trinajstić information content (AvgIpc) is 2.66. The van der Waals surface area contributed by atoms with Gasteiger partial charge in [0.2, 0.25) is 0 Å². The highest BCUT2D eigenvalue weighted by molar-refractivity contribution is 6.33. The molecular formula is C19H24ClN5O2. The fourth-order valence-corrected chi connectivity index (χ4v) is 3.33. The summed E-state index contributed by atoms with van der Waals surface area (Å²) in [5, 5.41) is 14.8. The van der Waals surface area contributed by atoms with Gasteiger partial charge in [-0.15, -0.1) is 10.2 Å². The largest absolute Gasteiger partial charge is 0.379 e. The number of aryl methyl sites for hydroxylation is 2. The average molecular weight is 390 g/mol. The topological polar surface area (TPSA) is 79.4 Å². The number of halogens is 1. The number of benzene rings is 1. The third-order valence-corrected chi connectivity index (χ3v) is 4.70. The van der Waals surface area contributed by atoms with E-state index in [0.717, 1.165) is 49.7 Å². The van der Waals surface area contributed by atoms with E-state index in [4.69, 9.17) is 16.3 Å². The van der Waals surface area contributed by atoms with Gasteiger partial charge in [-0.3, -0.25) is 9.69 Å². The van der Waals surface area contributed by atoms with E-state index in [2.05, 4.69) is 25.7 Å². The van der Waals surface area contributed by atoms with Crippen LogP contribution in [0, 0.1) is 13.8 Å². The summed E-state index contributed by atoms with van der Waals surface area (Å²) in [6, 6.07) is 7.30. The number of amides is 1. The molecular weight excluding hydrogens is 366 g/mol. The van der Waals surface area contributed by atoms with Crippen molar-refractivity contribution < 1.29 is 9.53 Å². The molecule has 0 radical (unpaired) electrons. The van der Waals surface area contributed by atoms with E-state index in [0.29, 0.717) is 17.4 Å². The normalized spacial score (nSPS) is 14.8. The summed E-state index contributed by atoms with van der Waals surface area (Å²) in [6.45, 7) is 8.64. The lowest BCUT2D eigenvalue weighted by Gasteiger charge is -2.26. The molecule has 0 bridgehead atoms. The first-order valence-electron chi connectivity index (χ1n) is 8.99. The molecule has 2 heterocycles. The first-order chi connectivity index (χ1) is 13.0. The molecule has 1 saturated heterocycles. The van der Waals surface area contributed by atoms with Gasteiger partial charge >= 0.3 is 0 Å². The quantitative estimate of drug-likeness (QED) is 0.790. The Labute approximate surface area is 164 Å². The van der Waals surface area contributed by atoms with Gasteiger partial charge in [0, 0.05) is 26.2 Å². The molecule has 144 valence electrons. The van der Waals surface area contributed by atoms with Crippen LogP contribution in [0.15, 0.2) is 24.3 Å². The van der Waals surface area contributed by atoms with Gasteiger partial charge in [-0.2, -0.15) is 0 Å². The number of aromatic nitrogens is 2. The molecule has 0 aliphatic carbocycles. The number of rotatable bonds is 6. The third kappa shape index (κ3) is 5.38. The summed E-state index contributed by atoms with van der Waals surface area (Å²) in [5.41, 5.74) is 3.19. The predicted octanol–water partition coefficient (Wildman–Crippen LogP) is 2.55. The van der Waals surface area contributed by atoms with Crippen LogP contribution in [0.4, 0.5) is 11.5 Å². The molecule has 1 aromatic carbocycles. The molecule has 0 saturated carbocycles. The van der Waals surface area contributed by atoms with E-state index in [9.17, 15) is 4.79 Å². The Morgan fingerprint density at radius 3 is 2.67 bits per heavy atom. The zero-order valence-electron chi connectivity index (χ0n) is 15.6. The zero-order chi connectivity index (χ0) is 19.2. The Balaban J connectivity index is 1.54. The van der Waals surface area contributed by atoms with Gasteiger partial charge in [0.05, 0.1) is 23.9 Å². The lowest BCUT2D eigenvalue weighted by molar-refractivity contribution is 0.0383. The van der Waals surface area contributed by atoms with Gasteiger partial charge in [0.1, 0.15) is 0 Å². The molecule has 3 rings (SSSR count). The van der Waals surface area contributed by atoms with Crippen molar-refractivity contribution in [2.45, 2.75) is 13.8 Å². The first-order valence-corrected chi connectivity index (χ1v) is 9.36. The van der Waals surface area contributed by atoms with Crippen LogP contribution in [0.1, 0.15) is 21.6 Å². The number of morpholine rings is 1. The van der Waals surface area contributed by atoms with Gasteiger partial charge in [0.25, 0.3) is 5.91 Å². The van der Waals surface area contributed by atoms with Gasteiger partial charge in [-0.05, 0) is 43.2 Å². The standard InChI is InChI=1S/C19H24ClN5O2/c1-13-11-14(2)18(15(20)12-13)22-17-4-3-16(23-24-17)19(26)21-5-6-25-7-9-27-10-8-25/h3-4,11-12H,5-10H2,1-2H3,(H,21,26)(H,22,24). The lowest BCUT2D eigenvalue weighted by atomic mass is 10.1. The van der Waals surface area contributed by atoms with Crippen LogP contribution >= 0.6 is 11.6 Å². The summed E-state index contributed by atoms with van der Waals surface area (Å²) in [6.07, 6.45) is 0. The Morgan fingerprint density at radius 2 is 2.00 bits per heavy atom. The van der Waals surface area contributed by atoms with Crippen LogP contribution in [0.5, 0.6) is 0 Å². The fraction of sp³-hybridized carbons (Fsp3) is 0.421. The van der Waals surface area contributed by atoms with Crippen LogP contribution in [0.3, 0.4) is 0 Å². The van der Waals surface area contributed by atoms with E-state index in [1.165, 1.54) is 0 Å². The molecule has 7 nitrogen and oxygen atoms in total. The number of nitrogens with one attached hydrogen (secondary N) is 2. The minimum atomic E-state index is -0.230. The molecule has 1 aromatic heterocycles. The zero-order valence-corrected chi connectivity index (χ0v) is 16.3.